The molecule has 3 rings (SSSR count). The molecule has 1 aromatic heterocycles. The third kappa shape index (κ3) is 5.98. The number of aromatic nitrogens is 1. The molecular weight excluding hydrogens is 448 g/mol. The summed E-state index contributed by atoms with van der Waals surface area (Å²) in [7, 11) is -3.96. The fourth-order valence-corrected chi connectivity index (χ4v) is 5.04. The molecule has 1 amide bonds. The summed E-state index contributed by atoms with van der Waals surface area (Å²) in [5.74, 6) is -0.465. The van der Waals surface area contributed by atoms with Crippen molar-refractivity contribution in [3.05, 3.63) is 81.8 Å². The van der Waals surface area contributed by atoms with Crippen LogP contribution in [0.25, 0.3) is 0 Å². The summed E-state index contributed by atoms with van der Waals surface area (Å²) in [5.41, 5.74) is 12.6. The number of amidine groups is 1. The van der Waals surface area contributed by atoms with Crippen molar-refractivity contribution in [2.75, 3.05) is 13.1 Å². The van der Waals surface area contributed by atoms with Crippen LogP contribution in [0.1, 0.15) is 32.5 Å². The number of amides is 1. The molecule has 0 saturated carbocycles. The van der Waals surface area contributed by atoms with Crippen LogP contribution in [0.5, 0.6) is 0 Å². The molecule has 1 unspecified atom stereocenters. The molecule has 3 aromatic rings. The van der Waals surface area contributed by atoms with Crippen LogP contribution in [0.4, 0.5) is 0 Å². The summed E-state index contributed by atoms with van der Waals surface area (Å²) in [6.07, 6.45) is 1.92. The van der Waals surface area contributed by atoms with Crippen LogP contribution in [0, 0.1) is 5.41 Å². The monoisotopic (exact) mass is 472 g/mol. The molecule has 1 heterocycles. The Morgan fingerprint density at radius 3 is 2.59 bits per heavy atom. The number of benzene rings is 2. The Hall–Kier alpha value is -3.12. The normalized spacial score (nSPS) is 12.3. The van der Waals surface area contributed by atoms with Gasteiger partial charge in [-0.1, -0.05) is 24.3 Å². The van der Waals surface area contributed by atoms with E-state index in [1.165, 1.54) is 35.6 Å². The van der Waals surface area contributed by atoms with Gasteiger partial charge in [0.2, 0.25) is 10.0 Å². The van der Waals surface area contributed by atoms with Crippen LogP contribution in [0.3, 0.4) is 0 Å². The van der Waals surface area contributed by atoms with Crippen molar-refractivity contribution in [2.45, 2.75) is 17.4 Å². The first-order valence-electron chi connectivity index (χ1n) is 9.73. The zero-order valence-corrected chi connectivity index (χ0v) is 18.7. The van der Waals surface area contributed by atoms with E-state index in [0.717, 1.165) is 5.56 Å². The van der Waals surface area contributed by atoms with Gasteiger partial charge in [0.15, 0.2) is 0 Å². The van der Waals surface area contributed by atoms with Gasteiger partial charge >= 0.3 is 0 Å². The first-order chi connectivity index (χ1) is 15.3. The van der Waals surface area contributed by atoms with Gasteiger partial charge < -0.3 is 16.8 Å². The summed E-state index contributed by atoms with van der Waals surface area (Å²) in [6.45, 7) is 0.575. The summed E-state index contributed by atoms with van der Waals surface area (Å²) in [4.78, 5) is 16.4. The molecule has 0 radical (unpaired) electrons. The van der Waals surface area contributed by atoms with Crippen molar-refractivity contribution in [3.63, 3.8) is 0 Å². The van der Waals surface area contributed by atoms with Crippen LogP contribution in [0.2, 0.25) is 0 Å². The fourth-order valence-electron chi connectivity index (χ4n) is 3.04. The molecule has 0 aliphatic rings. The molecule has 11 heteroatoms. The molecule has 0 aliphatic carbocycles. The Balaban J connectivity index is 1.87. The van der Waals surface area contributed by atoms with Gasteiger partial charge in [0.1, 0.15) is 10.8 Å². The van der Waals surface area contributed by atoms with E-state index in [1.807, 2.05) is 6.07 Å². The minimum Gasteiger partial charge on any atom is -0.384 e. The second-order valence-electron chi connectivity index (χ2n) is 6.93. The van der Waals surface area contributed by atoms with E-state index >= 15 is 0 Å². The fraction of sp³-hybridized carbons (Fsp3) is 0.190. The number of nitrogen functional groups attached to an aromatic ring is 1. The number of carbonyl (C=O) groups excluding carboxylic acids is 1. The molecule has 32 heavy (non-hydrogen) atoms. The van der Waals surface area contributed by atoms with E-state index in [-0.39, 0.29) is 22.8 Å². The Bertz CT molecular complexity index is 1200. The first-order valence-corrected chi connectivity index (χ1v) is 12.1. The van der Waals surface area contributed by atoms with Crippen molar-refractivity contribution >= 4 is 33.1 Å². The number of nitrogens with two attached hydrogens (primary N) is 2. The van der Waals surface area contributed by atoms with Gasteiger partial charge in [-0.2, -0.15) is 0 Å². The lowest BCUT2D eigenvalue weighted by atomic mass is 10.0. The van der Waals surface area contributed by atoms with Gasteiger partial charge in [-0.15, -0.1) is 11.3 Å². The van der Waals surface area contributed by atoms with Crippen LogP contribution in [-0.4, -0.2) is 38.2 Å². The predicted molar refractivity (Wildman–Crippen MR) is 124 cm³/mol. The maximum atomic E-state index is 13.2. The first kappa shape index (κ1) is 23.5. The molecule has 1 atom stereocenters. The lowest BCUT2D eigenvalue weighted by Gasteiger charge is -2.18. The Morgan fingerprint density at radius 1 is 1.16 bits per heavy atom. The number of thiazole rings is 1. The molecule has 0 aliphatic heterocycles. The number of sulfonamides is 1. The van der Waals surface area contributed by atoms with Gasteiger partial charge in [-0.25, -0.2) is 18.1 Å². The number of carbonyl (C=O) groups is 1. The molecule has 168 valence electrons. The topological polar surface area (TPSA) is 164 Å². The van der Waals surface area contributed by atoms with E-state index in [2.05, 4.69) is 15.0 Å². The van der Waals surface area contributed by atoms with Crippen LogP contribution in [-0.2, 0) is 16.4 Å². The van der Waals surface area contributed by atoms with Gasteiger partial charge in [-0.3, -0.25) is 10.2 Å². The SMILES string of the molecule is N=C(N)c1cccc(CC(NS(=O)(=O)c2cccc(C(=O)NCCN)c2)c2nccs2)c1. The van der Waals surface area contributed by atoms with Crippen molar-refractivity contribution in [1.82, 2.24) is 15.0 Å². The van der Waals surface area contributed by atoms with E-state index in [4.69, 9.17) is 16.9 Å². The zero-order valence-electron chi connectivity index (χ0n) is 17.1. The van der Waals surface area contributed by atoms with Gasteiger partial charge in [0.05, 0.1) is 10.9 Å². The highest BCUT2D eigenvalue weighted by molar-refractivity contribution is 7.89. The van der Waals surface area contributed by atoms with E-state index in [0.29, 0.717) is 23.5 Å². The molecule has 0 bridgehead atoms. The van der Waals surface area contributed by atoms with Crippen molar-refractivity contribution in [1.29, 1.82) is 5.41 Å². The van der Waals surface area contributed by atoms with E-state index < -0.39 is 22.0 Å². The smallest absolute Gasteiger partial charge is 0.251 e. The van der Waals surface area contributed by atoms with Gasteiger partial charge in [-0.05, 0) is 36.2 Å². The highest BCUT2D eigenvalue weighted by Gasteiger charge is 2.24. The quantitative estimate of drug-likeness (QED) is 0.221. The average molecular weight is 473 g/mol. The molecule has 0 saturated heterocycles. The molecule has 9 nitrogen and oxygen atoms in total. The minimum atomic E-state index is -3.96. The van der Waals surface area contributed by atoms with Crippen LogP contribution >= 0.6 is 11.3 Å². The Labute approximate surface area is 190 Å². The number of nitrogens with zero attached hydrogens (tertiary/aromatic N) is 1. The minimum absolute atomic E-state index is 0.0306. The maximum absolute atomic E-state index is 13.2. The average Bonchev–Trinajstić information content (AvgIpc) is 3.32. The molecule has 2 aromatic carbocycles. The number of hydrogen-bond acceptors (Lipinski definition) is 7. The lowest BCUT2D eigenvalue weighted by molar-refractivity contribution is 0.0954. The van der Waals surface area contributed by atoms with Crippen molar-refractivity contribution in [3.8, 4) is 0 Å². The second kappa shape index (κ2) is 10.5. The number of rotatable bonds is 10. The third-order valence-corrected chi connectivity index (χ3v) is 6.92. The molecular formula is C21H24N6O3S2. The van der Waals surface area contributed by atoms with Crippen LogP contribution < -0.4 is 21.5 Å². The standard InChI is InChI=1S/C21H24N6O3S2/c22-7-8-25-20(28)16-5-2-6-17(13-16)32(29,30)27-18(21-26-9-10-31-21)12-14-3-1-4-15(11-14)19(23)24/h1-6,9-11,13,18,27H,7-8,12,22H2,(H3,23,24)(H,25,28). The molecule has 7 N–H and O–H groups in total. The predicted octanol–water partition coefficient (Wildman–Crippen LogP) is 1.38. The summed E-state index contributed by atoms with van der Waals surface area (Å²) < 4.78 is 29.0. The van der Waals surface area contributed by atoms with E-state index in [9.17, 15) is 13.2 Å². The summed E-state index contributed by atoms with van der Waals surface area (Å²) in [5, 5.41) is 12.6. The highest BCUT2D eigenvalue weighted by Crippen LogP contribution is 2.24. The highest BCUT2D eigenvalue weighted by atomic mass is 32.2. The third-order valence-electron chi connectivity index (χ3n) is 4.56. The summed E-state index contributed by atoms with van der Waals surface area (Å²) in [6, 6.07) is 12.2. The van der Waals surface area contributed by atoms with Gasteiger partial charge in [0.25, 0.3) is 5.91 Å². The Morgan fingerprint density at radius 2 is 1.91 bits per heavy atom. The second-order valence-corrected chi connectivity index (χ2v) is 9.57. The Kier molecular flexibility index (Phi) is 7.70. The van der Waals surface area contributed by atoms with Crippen molar-refractivity contribution in [2.24, 2.45) is 11.5 Å². The zero-order chi connectivity index (χ0) is 23.1. The molecule has 0 fully saturated rings. The van der Waals surface area contributed by atoms with Crippen LogP contribution in [0.15, 0.2) is 65.0 Å². The maximum Gasteiger partial charge on any atom is 0.251 e. The van der Waals surface area contributed by atoms with Crippen molar-refractivity contribution < 1.29 is 13.2 Å². The number of hydrogen-bond donors (Lipinski definition) is 5. The van der Waals surface area contributed by atoms with Gasteiger partial charge in [0, 0.05) is 35.8 Å². The summed E-state index contributed by atoms with van der Waals surface area (Å²) >= 11 is 1.33. The largest absolute Gasteiger partial charge is 0.384 e. The lowest BCUT2D eigenvalue weighted by Crippen LogP contribution is -2.31. The molecule has 0 spiro atoms. The van der Waals surface area contributed by atoms with E-state index in [1.54, 1.807) is 29.8 Å². The number of nitrogens with one attached hydrogen (secondary N) is 3.